The van der Waals surface area contributed by atoms with Gasteiger partial charge in [-0.15, -0.1) is 0 Å². The molecule has 0 unspecified atom stereocenters. The molecular weight excluding hydrogens is 396 g/mol. The van der Waals surface area contributed by atoms with E-state index in [9.17, 15) is 14.4 Å². The van der Waals surface area contributed by atoms with E-state index >= 15 is 0 Å². The van der Waals surface area contributed by atoms with Gasteiger partial charge in [0.15, 0.2) is 0 Å². The third-order valence-electron chi connectivity index (χ3n) is 6.78. The summed E-state index contributed by atoms with van der Waals surface area (Å²) in [7, 11) is 0. The molecule has 3 fully saturated rings. The SMILES string of the molecule is CCCNC(=O)CN1CCC(NC(=O)[C@H]2[C@@H]3CC[C@@H](C3)[C@H]2NC(=O)OC(C)(C)C)CC1. The first-order valence-electron chi connectivity index (χ1n) is 11.9. The van der Waals surface area contributed by atoms with E-state index in [0.717, 1.165) is 51.6 Å². The molecule has 1 heterocycles. The van der Waals surface area contributed by atoms with Gasteiger partial charge in [-0.3, -0.25) is 14.5 Å². The lowest BCUT2D eigenvalue weighted by atomic mass is 9.83. The minimum atomic E-state index is -0.555. The van der Waals surface area contributed by atoms with E-state index in [1.165, 1.54) is 0 Å². The van der Waals surface area contributed by atoms with Crippen molar-refractivity contribution in [2.45, 2.75) is 83.9 Å². The van der Waals surface area contributed by atoms with Crippen molar-refractivity contribution in [3.05, 3.63) is 0 Å². The Morgan fingerprint density at radius 3 is 2.32 bits per heavy atom. The molecule has 3 N–H and O–H groups in total. The van der Waals surface area contributed by atoms with Gasteiger partial charge in [0.25, 0.3) is 0 Å². The van der Waals surface area contributed by atoms with Crippen LogP contribution < -0.4 is 16.0 Å². The Kier molecular flexibility index (Phi) is 7.83. The maximum Gasteiger partial charge on any atom is 0.407 e. The fourth-order valence-electron chi connectivity index (χ4n) is 5.38. The molecule has 3 amide bonds. The van der Waals surface area contributed by atoms with Crippen LogP contribution in [0.25, 0.3) is 0 Å². The number of ether oxygens (including phenoxy) is 1. The maximum atomic E-state index is 13.2. The molecule has 3 rings (SSSR count). The second-order valence-corrected chi connectivity index (χ2v) is 10.4. The van der Waals surface area contributed by atoms with Crippen LogP contribution in [0.1, 0.15) is 66.2 Å². The van der Waals surface area contributed by atoms with Gasteiger partial charge in [0.1, 0.15) is 5.60 Å². The number of likely N-dealkylation sites (tertiary alicyclic amines) is 1. The summed E-state index contributed by atoms with van der Waals surface area (Å²) < 4.78 is 5.43. The second-order valence-electron chi connectivity index (χ2n) is 10.4. The average molecular weight is 437 g/mol. The minimum absolute atomic E-state index is 0.0624. The topological polar surface area (TPSA) is 99.8 Å². The second kappa shape index (κ2) is 10.2. The standard InChI is InChI=1S/C23H40N4O4/c1-5-10-24-18(28)14-27-11-8-17(9-12-27)25-21(29)19-15-6-7-16(13-15)20(19)26-22(30)31-23(2,3)4/h15-17,19-20H,5-14H2,1-4H3,(H,24,28)(H,25,29)(H,26,30)/t15-,16+,19+,20-/m1/s1. The Bertz CT molecular complexity index is 654. The summed E-state index contributed by atoms with van der Waals surface area (Å²) in [6.45, 7) is 10.3. The van der Waals surface area contributed by atoms with Crippen LogP contribution in [0.4, 0.5) is 4.79 Å². The monoisotopic (exact) mass is 436 g/mol. The van der Waals surface area contributed by atoms with Gasteiger partial charge in [-0.2, -0.15) is 0 Å². The van der Waals surface area contributed by atoms with E-state index < -0.39 is 11.7 Å². The normalized spacial score (nSPS) is 28.9. The molecule has 1 aliphatic heterocycles. The average Bonchev–Trinajstić information content (AvgIpc) is 3.28. The lowest BCUT2D eigenvalue weighted by Gasteiger charge is -2.35. The zero-order valence-corrected chi connectivity index (χ0v) is 19.5. The molecule has 31 heavy (non-hydrogen) atoms. The molecule has 1 saturated heterocycles. The first kappa shape index (κ1) is 23.8. The molecule has 176 valence electrons. The zero-order valence-electron chi connectivity index (χ0n) is 19.5. The molecule has 0 radical (unpaired) electrons. The molecule has 2 bridgehead atoms. The molecule has 0 aromatic carbocycles. The van der Waals surface area contributed by atoms with Gasteiger partial charge < -0.3 is 20.7 Å². The van der Waals surface area contributed by atoms with Crippen molar-refractivity contribution in [1.29, 1.82) is 0 Å². The van der Waals surface area contributed by atoms with Crippen molar-refractivity contribution in [2.75, 3.05) is 26.2 Å². The molecule has 2 aliphatic carbocycles. The minimum Gasteiger partial charge on any atom is -0.444 e. The Morgan fingerprint density at radius 1 is 1.00 bits per heavy atom. The van der Waals surface area contributed by atoms with E-state index in [2.05, 4.69) is 20.9 Å². The third-order valence-corrected chi connectivity index (χ3v) is 6.78. The van der Waals surface area contributed by atoms with Crippen molar-refractivity contribution >= 4 is 17.9 Å². The summed E-state index contributed by atoms with van der Waals surface area (Å²) in [5, 5.41) is 9.17. The first-order chi connectivity index (χ1) is 14.7. The number of hydrogen-bond donors (Lipinski definition) is 3. The summed E-state index contributed by atoms with van der Waals surface area (Å²) >= 11 is 0. The molecule has 0 aromatic rings. The highest BCUT2D eigenvalue weighted by atomic mass is 16.6. The van der Waals surface area contributed by atoms with Crippen LogP contribution in [-0.4, -0.2) is 66.7 Å². The third kappa shape index (κ3) is 6.57. The van der Waals surface area contributed by atoms with E-state index in [-0.39, 0.29) is 29.8 Å². The number of hydrogen-bond acceptors (Lipinski definition) is 5. The van der Waals surface area contributed by atoms with Crippen LogP contribution in [0.5, 0.6) is 0 Å². The highest BCUT2D eigenvalue weighted by Crippen LogP contribution is 2.48. The zero-order chi connectivity index (χ0) is 22.6. The molecule has 8 heteroatoms. The predicted octanol–water partition coefficient (Wildman–Crippen LogP) is 2.03. The number of amides is 3. The highest BCUT2D eigenvalue weighted by molar-refractivity contribution is 5.82. The lowest BCUT2D eigenvalue weighted by Crippen LogP contribution is -2.54. The Balaban J connectivity index is 1.48. The highest BCUT2D eigenvalue weighted by Gasteiger charge is 2.52. The molecule has 0 spiro atoms. The van der Waals surface area contributed by atoms with Crippen LogP contribution in [0, 0.1) is 17.8 Å². The smallest absolute Gasteiger partial charge is 0.407 e. The predicted molar refractivity (Wildman–Crippen MR) is 118 cm³/mol. The molecule has 0 aromatic heterocycles. The summed E-state index contributed by atoms with van der Waals surface area (Å²) in [5.74, 6) is 0.655. The van der Waals surface area contributed by atoms with Crippen molar-refractivity contribution in [1.82, 2.24) is 20.9 Å². The van der Waals surface area contributed by atoms with Crippen molar-refractivity contribution in [3.63, 3.8) is 0 Å². The largest absolute Gasteiger partial charge is 0.444 e. The van der Waals surface area contributed by atoms with Gasteiger partial charge in [-0.1, -0.05) is 6.92 Å². The Morgan fingerprint density at radius 2 is 1.68 bits per heavy atom. The van der Waals surface area contributed by atoms with Crippen molar-refractivity contribution < 1.29 is 19.1 Å². The van der Waals surface area contributed by atoms with Crippen LogP contribution in [-0.2, 0) is 14.3 Å². The molecule has 2 saturated carbocycles. The number of fused-ring (bicyclic) bond motifs is 2. The Labute approximate surface area is 186 Å². The van der Waals surface area contributed by atoms with Gasteiger partial charge in [0.2, 0.25) is 11.8 Å². The Hall–Kier alpha value is -1.83. The van der Waals surface area contributed by atoms with E-state index in [4.69, 9.17) is 4.74 Å². The quantitative estimate of drug-likeness (QED) is 0.567. The van der Waals surface area contributed by atoms with E-state index in [1.807, 2.05) is 27.7 Å². The van der Waals surface area contributed by atoms with Gasteiger partial charge in [0.05, 0.1) is 12.5 Å². The number of alkyl carbamates (subject to hydrolysis) is 1. The fourth-order valence-corrected chi connectivity index (χ4v) is 5.38. The van der Waals surface area contributed by atoms with Gasteiger partial charge >= 0.3 is 6.09 Å². The number of nitrogens with one attached hydrogen (secondary N) is 3. The van der Waals surface area contributed by atoms with E-state index in [1.54, 1.807) is 0 Å². The summed E-state index contributed by atoms with van der Waals surface area (Å²) in [6, 6.07) is -0.0142. The van der Waals surface area contributed by atoms with E-state index in [0.29, 0.717) is 24.9 Å². The summed E-state index contributed by atoms with van der Waals surface area (Å²) in [5.41, 5.74) is -0.555. The lowest BCUT2D eigenvalue weighted by molar-refractivity contribution is -0.129. The fraction of sp³-hybridized carbons (Fsp3) is 0.870. The molecule has 3 aliphatic rings. The van der Waals surface area contributed by atoms with Gasteiger partial charge in [0, 0.05) is 31.7 Å². The number of nitrogens with zero attached hydrogens (tertiary/aromatic N) is 1. The summed E-state index contributed by atoms with van der Waals surface area (Å²) in [6.07, 6.45) is 5.32. The molecule has 8 nitrogen and oxygen atoms in total. The number of carbonyl (C=O) groups is 3. The molecular formula is C23H40N4O4. The number of carbonyl (C=O) groups excluding carboxylic acids is 3. The first-order valence-corrected chi connectivity index (χ1v) is 11.9. The van der Waals surface area contributed by atoms with Crippen molar-refractivity contribution in [2.24, 2.45) is 17.8 Å². The van der Waals surface area contributed by atoms with Gasteiger partial charge in [-0.25, -0.2) is 4.79 Å². The van der Waals surface area contributed by atoms with Crippen molar-refractivity contribution in [3.8, 4) is 0 Å². The number of rotatable bonds is 7. The van der Waals surface area contributed by atoms with Crippen LogP contribution in [0.2, 0.25) is 0 Å². The van der Waals surface area contributed by atoms with Crippen LogP contribution in [0.3, 0.4) is 0 Å². The maximum absolute atomic E-state index is 13.2. The summed E-state index contributed by atoms with van der Waals surface area (Å²) in [4.78, 5) is 39.6. The van der Waals surface area contributed by atoms with Crippen LogP contribution in [0.15, 0.2) is 0 Å². The molecule has 4 atom stereocenters. The van der Waals surface area contributed by atoms with Crippen LogP contribution >= 0.6 is 0 Å². The number of piperidine rings is 1. The van der Waals surface area contributed by atoms with Gasteiger partial charge in [-0.05, 0) is 71.1 Å².